The standard InChI is InChI=1S/C19H16BrClN2O3S/c1-10-6-12(21)4-5-14(10)22-19-23-18(24)17(27-19)8-11-7-13(20)16(26-3)9-15(11)25-2/h4-9H,1-3H3,(H,22,23,24)/b17-8-. The SMILES string of the molecule is COc1cc(OC)c(/C=C2\SC(=Nc3ccc(Cl)cc3C)NC2=O)cc1Br. The number of amides is 1. The van der Waals surface area contributed by atoms with Gasteiger partial charge in [0.25, 0.3) is 5.91 Å². The van der Waals surface area contributed by atoms with E-state index >= 15 is 0 Å². The van der Waals surface area contributed by atoms with E-state index < -0.39 is 0 Å². The van der Waals surface area contributed by atoms with E-state index in [0.29, 0.717) is 26.6 Å². The fourth-order valence-corrected chi connectivity index (χ4v) is 4.05. The van der Waals surface area contributed by atoms with Gasteiger partial charge in [-0.1, -0.05) is 11.6 Å². The van der Waals surface area contributed by atoms with Crippen molar-refractivity contribution in [2.75, 3.05) is 14.2 Å². The number of benzene rings is 2. The van der Waals surface area contributed by atoms with Gasteiger partial charge in [0.05, 0.1) is 29.3 Å². The van der Waals surface area contributed by atoms with Crippen molar-refractivity contribution in [1.82, 2.24) is 5.32 Å². The molecule has 0 spiro atoms. The van der Waals surface area contributed by atoms with Crippen LogP contribution in [0.3, 0.4) is 0 Å². The molecule has 1 heterocycles. The molecule has 0 unspecified atom stereocenters. The Morgan fingerprint density at radius 2 is 1.93 bits per heavy atom. The summed E-state index contributed by atoms with van der Waals surface area (Å²) in [6, 6.07) is 9.03. The van der Waals surface area contributed by atoms with Gasteiger partial charge in [-0.2, -0.15) is 0 Å². The Labute approximate surface area is 174 Å². The number of carbonyl (C=O) groups is 1. The van der Waals surface area contributed by atoms with Crippen molar-refractivity contribution in [2.24, 2.45) is 4.99 Å². The molecule has 0 radical (unpaired) electrons. The van der Waals surface area contributed by atoms with Gasteiger partial charge in [0.2, 0.25) is 0 Å². The summed E-state index contributed by atoms with van der Waals surface area (Å²) in [5, 5.41) is 3.95. The molecule has 1 fully saturated rings. The number of carbonyl (C=O) groups excluding carboxylic acids is 1. The van der Waals surface area contributed by atoms with Crippen LogP contribution in [0.5, 0.6) is 11.5 Å². The molecule has 1 amide bonds. The lowest BCUT2D eigenvalue weighted by Crippen LogP contribution is -2.19. The predicted molar refractivity (Wildman–Crippen MR) is 114 cm³/mol. The second kappa shape index (κ2) is 8.37. The minimum absolute atomic E-state index is 0.209. The lowest BCUT2D eigenvalue weighted by Gasteiger charge is -2.10. The largest absolute Gasteiger partial charge is 0.496 e. The topological polar surface area (TPSA) is 59.9 Å². The monoisotopic (exact) mass is 466 g/mol. The molecule has 1 aliphatic rings. The zero-order valence-electron chi connectivity index (χ0n) is 14.8. The molecule has 5 nitrogen and oxygen atoms in total. The summed E-state index contributed by atoms with van der Waals surface area (Å²) in [5.74, 6) is 1.05. The number of rotatable bonds is 4. The lowest BCUT2D eigenvalue weighted by atomic mass is 10.1. The number of methoxy groups -OCH3 is 2. The van der Waals surface area contributed by atoms with Crippen molar-refractivity contribution < 1.29 is 14.3 Å². The summed E-state index contributed by atoms with van der Waals surface area (Å²) < 4.78 is 11.5. The molecule has 2 aromatic rings. The Morgan fingerprint density at radius 3 is 2.59 bits per heavy atom. The molecule has 8 heteroatoms. The van der Waals surface area contributed by atoms with Crippen molar-refractivity contribution in [3.05, 3.63) is 55.9 Å². The molecular formula is C19H16BrClN2O3S. The normalized spacial score (nSPS) is 16.7. The first kappa shape index (κ1) is 19.8. The van der Waals surface area contributed by atoms with Crippen LogP contribution >= 0.6 is 39.3 Å². The number of hydrogen-bond acceptors (Lipinski definition) is 5. The van der Waals surface area contributed by atoms with E-state index in [-0.39, 0.29) is 5.91 Å². The average Bonchev–Trinajstić information content (AvgIpc) is 2.97. The molecule has 0 bridgehead atoms. The number of thioether (sulfide) groups is 1. The van der Waals surface area contributed by atoms with E-state index in [9.17, 15) is 4.79 Å². The van der Waals surface area contributed by atoms with E-state index in [0.717, 1.165) is 21.3 Å². The van der Waals surface area contributed by atoms with E-state index in [4.69, 9.17) is 21.1 Å². The lowest BCUT2D eigenvalue weighted by molar-refractivity contribution is -0.115. The van der Waals surface area contributed by atoms with Crippen LogP contribution in [0.4, 0.5) is 5.69 Å². The van der Waals surface area contributed by atoms with E-state index in [2.05, 4.69) is 26.2 Å². The van der Waals surface area contributed by atoms with Gasteiger partial charge in [-0.3, -0.25) is 4.79 Å². The molecule has 0 saturated carbocycles. The minimum Gasteiger partial charge on any atom is -0.496 e. The van der Waals surface area contributed by atoms with Crippen LogP contribution in [-0.4, -0.2) is 25.3 Å². The summed E-state index contributed by atoms with van der Waals surface area (Å²) in [5.41, 5.74) is 2.45. The number of hydrogen-bond donors (Lipinski definition) is 1. The molecule has 1 saturated heterocycles. The zero-order valence-corrected chi connectivity index (χ0v) is 18.0. The van der Waals surface area contributed by atoms with Crippen LogP contribution < -0.4 is 14.8 Å². The van der Waals surface area contributed by atoms with Crippen LogP contribution in [0.1, 0.15) is 11.1 Å². The number of halogens is 2. The van der Waals surface area contributed by atoms with Crippen molar-refractivity contribution in [1.29, 1.82) is 0 Å². The van der Waals surface area contributed by atoms with Gasteiger partial charge in [0.15, 0.2) is 5.17 Å². The molecule has 0 atom stereocenters. The third-order valence-corrected chi connectivity index (χ3v) is 5.59. The second-order valence-corrected chi connectivity index (χ2v) is 7.96. The summed E-state index contributed by atoms with van der Waals surface area (Å²) in [7, 11) is 3.15. The highest BCUT2D eigenvalue weighted by Crippen LogP contribution is 2.36. The highest BCUT2D eigenvalue weighted by molar-refractivity contribution is 9.10. The quantitative estimate of drug-likeness (QED) is 0.618. The third kappa shape index (κ3) is 4.48. The molecule has 2 aromatic carbocycles. The molecule has 140 valence electrons. The predicted octanol–water partition coefficient (Wildman–Crippen LogP) is 5.32. The highest BCUT2D eigenvalue weighted by atomic mass is 79.9. The maximum atomic E-state index is 12.3. The van der Waals surface area contributed by atoms with Gasteiger partial charge in [-0.15, -0.1) is 0 Å². The van der Waals surface area contributed by atoms with Gasteiger partial charge >= 0.3 is 0 Å². The molecule has 0 aromatic heterocycles. The summed E-state index contributed by atoms with van der Waals surface area (Å²) in [4.78, 5) is 17.4. The molecule has 0 aliphatic carbocycles. The summed E-state index contributed by atoms with van der Waals surface area (Å²) in [6.07, 6.45) is 1.76. The van der Waals surface area contributed by atoms with Gasteiger partial charge < -0.3 is 14.8 Å². The van der Waals surface area contributed by atoms with Gasteiger partial charge in [0.1, 0.15) is 11.5 Å². The fourth-order valence-electron chi connectivity index (χ4n) is 2.47. The first-order valence-corrected chi connectivity index (χ1v) is 9.87. The Morgan fingerprint density at radius 1 is 1.19 bits per heavy atom. The number of amidine groups is 1. The van der Waals surface area contributed by atoms with E-state index in [1.165, 1.54) is 11.8 Å². The summed E-state index contributed by atoms with van der Waals surface area (Å²) in [6.45, 7) is 1.92. The van der Waals surface area contributed by atoms with Crippen molar-refractivity contribution >= 4 is 62.1 Å². The average molecular weight is 468 g/mol. The maximum absolute atomic E-state index is 12.3. The second-order valence-electron chi connectivity index (χ2n) is 5.64. The third-order valence-electron chi connectivity index (χ3n) is 3.82. The van der Waals surface area contributed by atoms with Crippen molar-refractivity contribution in [2.45, 2.75) is 6.92 Å². The van der Waals surface area contributed by atoms with Crippen LogP contribution in [0, 0.1) is 6.92 Å². The number of nitrogens with zero attached hydrogens (tertiary/aromatic N) is 1. The molecule has 3 rings (SSSR count). The van der Waals surface area contributed by atoms with Crippen molar-refractivity contribution in [3.8, 4) is 11.5 Å². The van der Waals surface area contributed by atoms with Crippen molar-refractivity contribution in [3.63, 3.8) is 0 Å². The Kier molecular flexibility index (Phi) is 6.14. The van der Waals surface area contributed by atoms with E-state index in [1.54, 1.807) is 32.4 Å². The van der Waals surface area contributed by atoms with Crippen LogP contribution in [0.2, 0.25) is 5.02 Å². The Bertz CT molecular complexity index is 976. The Balaban J connectivity index is 1.92. The highest BCUT2D eigenvalue weighted by Gasteiger charge is 2.24. The van der Waals surface area contributed by atoms with Crippen LogP contribution in [-0.2, 0) is 4.79 Å². The first-order valence-electron chi connectivity index (χ1n) is 7.88. The number of aliphatic imine (C=N–C) groups is 1. The number of ether oxygens (including phenoxy) is 2. The number of nitrogens with one attached hydrogen (secondary N) is 1. The first-order chi connectivity index (χ1) is 12.9. The minimum atomic E-state index is -0.209. The van der Waals surface area contributed by atoms with E-state index in [1.807, 2.05) is 25.1 Å². The Hall–Kier alpha value is -1.96. The van der Waals surface area contributed by atoms with Crippen LogP contribution in [0.25, 0.3) is 6.08 Å². The maximum Gasteiger partial charge on any atom is 0.264 e. The molecule has 1 N–H and O–H groups in total. The van der Waals surface area contributed by atoms with Gasteiger partial charge in [-0.25, -0.2) is 4.99 Å². The van der Waals surface area contributed by atoms with Gasteiger partial charge in [-0.05, 0) is 70.5 Å². The fraction of sp³-hybridized carbons (Fsp3) is 0.158. The smallest absolute Gasteiger partial charge is 0.264 e. The van der Waals surface area contributed by atoms with Gasteiger partial charge in [0, 0.05) is 16.7 Å². The number of aryl methyl sites for hydroxylation is 1. The van der Waals surface area contributed by atoms with Crippen LogP contribution in [0.15, 0.2) is 44.7 Å². The molecule has 1 aliphatic heterocycles. The summed E-state index contributed by atoms with van der Waals surface area (Å²) >= 11 is 10.7. The molecular weight excluding hydrogens is 452 g/mol. The molecule has 27 heavy (non-hydrogen) atoms. The zero-order chi connectivity index (χ0) is 19.6.